The first-order chi connectivity index (χ1) is 8.77. The minimum Gasteiger partial charge on any atom is -0.427 e. The third-order valence-electron chi connectivity index (χ3n) is 3.68. The monoisotopic (exact) mass is 240 g/mol. The molecule has 0 radical (unpaired) electrons. The summed E-state index contributed by atoms with van der Waals surface area (Å²) in [4.78, 5) is 11.9. The van der Waals surface area contributed by atoms with E-state index in [4.69, 9.17) is 4.42 Å². The van der Waals surface area contributed by atoms with Crippen LogP contribution in [0.15, 0.2) is 39.5 Å². The maximum absolute atomic E-state index is 11.9. The number of hydrogen-bond acceptors (Lipinski definition) is 2. The topological polar surface area (TPSA) is 30.2 Å². The third-order valence-corrected chi connectivity index (χ3v) is 3.68. The average Bonchev–Trinajstić information content (AvgIpc) is 2.40. The molecule has 2 heteroatoms. The molecule has 1 aromatic carbocycles. The summed E-state index contributed by atoms with van der Waals surface area (Å²) in [5.74, 6) is 0.742. The lowest BCUT2D eigenvalue weighted by atomic mass is 9.87. The van der Waals surface area contributed by atoms with Crippen LogP contribution in [0, 0.1) is 6.92 Å². The van der Waals surface area contributed by atoms with Crippen LogP contribution in [0.3, 0.4) is 0 Å². The zero-order chi connectivity index (χ0) is 12.5. The summed E-state index contributed by atoms with van der Waals surface area (Å²) in [6.45, 7) is 1.89. The normalized spacial score (nSPS) is 14.3. The van der Waals surface area contributed by atoms with Crippen molar-refractivity contribution in [2.24, 2.45) is 0 Å². The fraction of sp³-hybridized carbons (Fsp3) is 0.312. The van der Waals surface area contributed by atoms with E-state index >= 15 is 0 Å². The zero-order valence-corrected chi connectivity index (χ0v) is 10.5. The van der Waals surface area contributed by atoms with Crippen molar-refractivity contribution in [3.63, 3.8) is 0 Å². The van der Waals surface area contributed by atoms with E-state index in [1.54, 1.807) is 0 Å². The molecule has 0 fully saturated rings. The van der Waals surface area contributed by atoms with E-state index < -0.39 is 0 Å². The van der Waals surface area contributed by atoms with Gasteiger partial charge in [-0.1, -0.05) is 30.3 Å². The van der Waals surface area contributed by atoms with Crippen LogP contribution in [-0.4, -0.2) is 0 Å². The Morgan fingerprint density at radius 2 is 1.67 bits per heavy atom. The Kier molecular flexibility index (Phi) is 2.78. The second-order valence-corrected chi connectivity index (χ2v) is 4.85. The van der Waals surface area contributed by atoms with Crippen LogP contribution in [0.5, 0.6) is 0 Å². The van der Waals surface area contributed by atoms with Crippen molar-refractivity contribution in [1.82, 2.24) is 0 Å². The average molecular weight is 240 g/mol. The van der Waals surface area contributed by atoms with Gasteiger partial charge in [-0.3, -0.25) is 0 Å². The highest BCUT2D eigenvalue weighted by Crippen LogP contribution is 2.32. The van der Waals surface area contributed by atoms with Crippen molar-refractivity contribution in [2.45, 2.75) is 32.6 Å². The van der Waals surface area contributed by atoms with Crippen LogP contribution in [0.4, 0.5) is 0 Å². The molecule has 1 aliphatic carbocycles. The first-order valence-corrected chi connectivity index (χ1v) is 6.48. The van der Waals surface area contributed by atoms with Crippen molar-refractivity contribution >= 4 is 0 Å². The van der Waals surface area contributed by atoms with E-state index in [9.17, 15) is 4.79 Å². The Hall–Kier alpha value is -1.83. The van der Waals surface area contributed by atoms with Gasteiger partial charge < -0.3 is 4.42 Å². The second-order valence-electron chi connectivity index (χ2n) is 4.85. The summed E-state index contributed by atoms with van der Waals surface area (Å²) in [5, 5.41) is 0. The SMILES string of the molecule is Cc1oc(=O)c2c(c1-c1ccccc1)CCCC2. The lowest BCUT2D eigenvalue weighted by Gasteiger charge is -2.19. The number of aryl methyl sites for hydroxylation is 1. The lowest BCUT2D eigenvalue weighted by molar-refractivity contribution is 0.463. The Labute approximate surface area is 106 Å². The minimum atomic E-state index is -0.137. The van der Waals surface area contributed by atoms with Gasteiger partial charge in [-0.15, -0.1) is 0 Å². The van der Waals surface area contributed by atoms with E-state index in [-0.39, 0.29) is 5.63 Å². The Morgan fingerprint density at radius 3 is 2.39 bits per heavy atom. The number of fused-ring (bicyclic) bond motifs is 1. The summed E-state index contributed by atoms with van der Waals surface area (Å²) in [6, 6.07) is 10.2. The van der Waals surface area contributed by atoms with Crippen LogP contribution in [0.2, 0.25) is 0 Å². The first kappa shape index (κ1) is 11.3. The predicted octanol–water partition coefficient (Wildman–Crippen LogP) is 3.49. The van der Waals surface area contributed by atoms with Gasteiger partial charge in [0.15, 0.2) is 0 Å². The quantitative estimate of drug-likeness (QED) is 0.763. The molecule has 1 aromatic heterocycles. The summed E-state index contributed by atoms with van der Waals surface area (Å²) in [6.07, 6.45) is 4.11. The van der Waals surface area contributed by atoms with Gasteiger partial charge in [0.25, 0.3) is 0 Å². The van der Waals surface area contributed by atoms with Gasteiger partial charge in [-0.2, -0.15) is 0 Å². The molecule has 0 bridgehead atoms. The molecule has 0 saturated carbocycles. The smallest absolute Gasteiger partial charge is 0.339 e. The number of rotatable bonds is 1. The van der Waals surface area contributed by atoms with Crippen LogP contribution < -0.4 is 5.63 Å². The molecule has 2 aromatic rings. The molecule has 2 nitrogen and oxygen atoms in total. The van der Waals surface area contributed by atoms with Gasteiger partial charge >= 0.3 is 5.63 Å². The molecular formula is C16H16O2. The summed E-state index contributed by atoms with van der Waals surface area (Å²) in [5.41, 5.74) is 4.25. The van der Waals surface area contributed by atoms with Crippen molar-refractivity contribution in [1.29, 1.82) is 0 Å². The van der Waals surface area contributed by atoms with Crippen LogP contribution in [0.25, 0.3) is 11.1 Å². The molecule has 0 aliphatic heterocycles. The Morgan fingerprint density at radius 1 is 1.00 bits per heavy atom. The zero-order valence-electron chi connectivity index (χ0n) is 10.5. The fourth-order valence-electron chi connectivity index (χ4n) is 2.85. The molecule has 1 heterocycles. The van der Waals surface area contributed by atoms with Crippen LogP contribution in [0.1, 0.15) is 29.7 Å². The van der Waals surface area contributed by atoms with Crippen molar-refractivity contribution < 1.29 is 4.42 Å². The molecule has 0 unspecified atom stereocenters. The fourth-order valence-corrected chi connectivity index (χ4v) is 2.85. The van der Waals surface area contributed by atoms with Gasteiger partial charge in [-0.25, -0.2) is 4.79 Å². The molecule has 0 atom stereocenters. The van der Waals surface area contributed by atoms with Crippen LogP contribution >= 0.6 is 0 Å². The van der Waals surface area contributed by atoms with Gasteiger partial charge in [0, 0.05) is 11.1 Å². The van der Waals surface area contributed by atoms with E-state index in [0.29, 0.717) is 0 Å². The maximum Gasteiger partial charge on any atom is 0.339 e. The van der Waals surface area contributed by atoms with E-state index in [0.717, 1.165) is 48.1 Å². The van der Waals surface area contributed by atoms with Gasteiger partial charge in [0.05, 0.1) is 0 Å². The second kappa shape index (κ2) is 4.45. The highest BCUT2D eigenvalue weighted by Gasteiger charge is 2.20. The lowest BCUT2D eigenvalue weighted by Crippen LogP contribution is -2.17. The Balaban J connectivity index is 2.29. The standard InChI is InChI=1S/C16H16O2/c1-11-15(12-7-3-2-4-8-12)13-9-5-6-10-14(13)16(17)18-11/h2-4,7-8H,5-6,9-10H2,1H3. The number of benzene rings is 1. The maximum atomic E-state index is 11.9. The van der Waals surface area contributed by atoms with Crippen molar-refractivity contribution in [3.05, 3.63) is 57.6 Å². The predicted molar refractivity (Wildman–Crippen MR) is 71.8 cm³/mol. The first-order valence-electron chi connectivity index (χ1n) is 6.48. The Bertz CT molecular complexity index is 624. The van der Waals surface area contributed by atoms with Gasteiger partial charge in [0.1, 0.15) is 5.76 Å². The highest BCUT2D eigenvalue weighted by molar-refractivity contribution is 5.70. The molecule has 0 saturated heterocycles. The van der Waals surface area contributed by atoms with Gasteiger partial charge in [0.2, 0.25) is 0 Å². The van der Waals surface area contributed by atoms with Crippen molar-refractivity contribution in [2.75, 3.05) is 0 Å². The third kappa shape index (κ3) is 1.78. The van der Waals surface area contributed by atoms with Crippen LogP contribution in [-0.2, 0) is 12.8 Å². The molecule has 1 aliphatic rings. The van der Waals surface area contributed by atoms with Gasteiger partial charge in [-0.05, 0) is 43.7 Å². The summed E-state index contributed by atoms with van der Waals surface area (Å²) < 4.78 is 5.41. The minimum absolute atomic E-state index is 0.137. The summed E-state index contributed by atoms with van der Waals surface area (Å²) >= 11 is 0. The molecule has 92 valence electrons. The van der Waals surface area contributed by atoms with E-state index in [1.165, 1.54) is 5.56 Å². The molecule has 0 amide bonds. The number of hydrogen-bond donors (Lipinski definition) is 0. The molecule has 3 rings (SSSR count). The largest absolute Gasteiger partial charge is 0.427 e. The van der Waals surface area contributed by atoms with Crippen molar-refractivity contribution in [3.8, 4) is 11.1 Å². The summed E-state index contributed by atoms with van der Waals surface area (Å²) in [7, 11) is 0. The molecule has 18 heavy (non-hydrogen) atoms. The highest BCUT2D eigenvalue weighted by atomic mass is 16.4. The van der Waals surface area contributed by atoms with E-state index in [2.05, 4.69) is 12.1 Å². The molecule has 0 N–H and O–H groups in total. The van der Waals surface area contributed by atoms with E-state index in [1.807, 2.05) is 25.1 Å². The molecule has 0 spiro atoms. The molecular weight excluding hydrogens is 224 g/mol.